The Hall–Kier alpha value is -0.770. The van der Waals surface area contributed by atoms with Crippen molar-refractivity contribution in [2.45, 2.75) is 25.5 Å². The van der Waals surface area contributed by atoms with Crippen molar-refractivity contribution >= 4 is 6.03 Å². The van der Waals surface area contributed by atoms with Crippen molar-refractivity contribution in [2.24, 2.45) is 5.73 Å². The van der Waals surface area contributed by atoms with Gasteiger partial charge in [-0.05, 0) is 19.3 Å². The first-order valence-electron chi connectivity index (χ1n) is 3.46. The van der Waals surface area contributed by atoms with Gasteiger partial charge in [-0.15, -0.1) is 0 Å². The highest BCUT2D eigenvalue weighted by atomic mass is 16.5. The Kier molecular flexibility index (Phi) is 2.50. The predicted molar refractivity (Wildman–Crippen MR) is 36.3 cm³/mol. The van der Waals surface area contributed by atoms with Gasteiger partial charge in [0.2, 0.25) is 0 Å². The van der Waals surface area contributed by atoms with Gasteiger partial charge in [0.25, 0.3) is 0 Å². The molecule has 0 spiro atoms. The van der Waals surface area contributed by atoms with E-state index in [0.717, 1.165) is 25.9 Å². The van der Waals surface area contributed by atoms with Gasteiger partial charge in [0.1, 0.15) is 6.23 Å². The highest BCUT2D eigenvalue weighted by Gasteiger charge is 2.13. The van der Waals surface area contributed by atoms with Gasteiger partial charge in [0.05, 0.1) is 0 Å². The van der Waals surface area contributed by atoms with Crippen molar-refractivity contribution in [3.63, 3.8) is 0 Å². The summed E-state index contributed by atoms with van der Waals surface area (Å²) in [6.45, 7) is 0.727. The standard InChI is InChI=1S/C6H12N2O2/c7-6(9)8-5-3-1-2-4-10-5/h5H,1-4H2,(H3,7,8,9). The first kappa shape index (κ1) is 7.34. The molecule has 1 unspecified atom stereocenters. The quantitative estimate of drug-likeness (QED) is 0.551. The van der Waals surface area contributed by atoms with Crippen LogP contribution in [0.25, 0.3) is 0 Å². The second kappa shape index (κ2) is 3.41. The summed E-state index contributed by atoms with van der Waals surface area (Å²) < 4.78 is 5.18. The zero-order valence-corrected chi connectivity index (χ0v) is 5.80. The third-order valence-corrected chi connectivity index (χ3v) is 1.48. The van der Waals surface area contributed by atoms with Gasteiger partial charge < -0.3 is 15.8 Å². The van der Waals surface area contributed by atoms with E-state index < -0.39 is 6.03 Å². The lowest BCUT2D eigenvalue weighted by Crippen LogP contribution is -2.41. The summed E-state index contributed by atoms with van der Waals surface area (Å²) in [4.78, 5) is 10.3. The highest BCUT2D eigenvalue weighted by molar-refractivity contribution is 5.71. The van der Waals surface area contributed by atoms with Crippen molar-refractivity contribution in [1.82, 2.24) is 5.32 Å². The van der Waals surface area contributed by atoms with Crippen LogP contribution >= 0.6 is 0 Å². The van der Waals surface area contributed by atoms with E-state index in [1.165, 1.54) is 0 Å². The number of nitrogens with one attached hydrogen (secondary N) is 1. The molecule has 1 saturated heterocycles. The molecule has 1 aliphatic heterocycles. The zero-order chi connectivity index (χ0) is 7.40. The zero-order valence-electron chi connectivity index (χ0n) is 5.80. The van der Waals surface area contributed by atoms with E-state index in [2.05, 4.69) is 5.32 Å². The molecule has 1 aliphatic rings. The molecule has 1 heterocycles. The molecular formula is C6H12N2O2. The molecule has 0 bridgehead atoms. The third kappa shape index (κ3) is 2.23. The van der Waals surface area contributed by atoms with Crippen LogP contribution in [0.15, 0.2) is 0 Å². The number of carbonyl (C=O) groups is 1. The van der Waals surface area contributed by atoms with Crippen LogP contribution in [0.4, 0.5) is 4.79 Å². The number of nitrogens with two attached hydrogens (primary N) is 1. The van der Waals surface area contributed by atoms with Crippen LogP contribution in [0.5, 0.6) is 0 Å². The number of hydrogen-bond acceptors (Lipinski definition) is 2. The summed E-state index contributed by atoms with van der Waals surface area (Å²) in [6.07, 6.45) is 2.91. The first-order chi connectivity index (χ1) is 4.79. The Bertz CT molecular complexity index is 121. The summed E-state index contributed by atoms with van der Waals surface area (Å²) in [7, 11) is 0. The fourth-order valence-electron chi connectivity index (χ4n) is 1.01. The van der Waals surface area contributed by atoms with Gasteiger partial charge >= 0.3 is 6.03 Å². The number of rotatable bonds is 1. The monoisotopic (exact) mass is 144 g/mol. The number of urea groups is 1. The topological polar surface area (TPSA) is 64.4 Å². The fraction of sp³-hybridized carbons (Fsp3) is 0.833. The van der Waals surface area contributed by atoms with E-state index in [1.54, 1.807) is 0 Å². The Labute approximate surface area is 59.7 Å². The second-order valence-electron chi connectivity index (χ2n) is 2.36. The molecule has 0 aliphatic carbocycles. The summed E-state index contributed by atoms with van der Waals surface area (Å²) in [6, 6.07) is -0.507. The van der Waals surface area contributed by atoms with E-state index in [9.17, 15) is 4.79 Å². The van der Waals surface area contributed by atoms with Crippen LogP contribution < -0.4 is 11.1 Å². The lowest BCUT2D eigenvalue weighted by molar-refractivity contribution is 0.00307. The largest absolute Gasteiger partial charge is 0.358 e. The molecule has 0 radical (unpaired) electrons. The third-order valence-electron chi connectivity index (χ3n) is 1.48. The molecule has 1 atom stereocenters. The lowest BCUT2D eigenvalue weighted by atomic mass is 10.2. The van der Waals surface area contributed by atoms with Crippen molar-refractivity contribution in [3.8, 4) is 0 Å². The molecule has 0 aromatic carbocycles. The van der Waals surface area contributed by atoms with E-state index in [0.29, 0.717) is 0 Å². The molecule has 3 N–H and O–H groups in total. The molecule has 1 fully saturated rings. The molecule has 0 aromatic heterocycles. The van der Waals surface area contributed by atoms with E-state index in [1.807, 2.05) is 0 Å². The van der Waals surface area contributed by atoms with Crippen molar-refractivity contribution in [1.29, 1.82) is 0 Å². The molecule has 4 nitrogen and oxygen atoms in total. The highest BCUT2D eigenvalue weighted by Crippen LogP contribution is 2.09. The number of amides is 2. The Balaban J connectivity index is 2.19. The lowest BCUT2D eigenvalue weighted by Gasteiger charge is -2.22. The van der Waals surface area contributed by atoms with E-state index in [4.69, 9.17) is 10.5 Å². The summed E-state index contributed by atoms with van der Waals surface area (Å²) in [5.74, 6) is 0. The average molecular weight is 144 g/mol. The van der Waals surface area contributed by atoms with Gasteiger partial charge in [-0.3, -0.25) is 0 Å². The minimum absolute atomic E-state index is 0.147. The molecular weight excluding hydrogens is 132 g/mol. The van der Waals surface area contributed by atoms with Crippen molar-refractivity contribution in [2.75, 3.05) is 6.61 Å². The fourth-order valence-corrected chi connectivity index (χ4v) is 1.01. The summed E-state index contributed by atoms with van der Waals surface area (Å²) >= 11 is 0. The summed E-state index contributed by atoms with van der Waals surface area (Å²) in [5.41, 5.74) is 4.89. The second-order valence-corrected chi connectivity index (χ2v) is 2.36. The van der Waals surface area contributed by atoms with Crippen LogP contribution in [-0.4, -0.2) is 18.9 Å². The molecule has 0 saturated carbocycles. The van der Waals surface area contributed by atoms with Gasteiger partial charge in [0.15, 0.2) is 0 Å². The minimum Gasteiger partial charge on any atom is -0.358 e. The molecule has 58 valence electrons. The number of carbonyl (C=O) groups excluding carboxylic acids is 1. The molecule has 1 rings (SSSR count). The Morgan fingerprint density at radius 3 is 2.90 bits per heavy atom. The average Bonchev–Trinajstić information content (AvgIpc) is 1.88. The summed E-state index contributed by atoms with van der Waals surface area (Å²) in [5, 5.41) is 2.50. The maximum absolute atomic E-state index is 10.3. The predicted octanol–water partition coefficient (Wildman–Crippen LogP) is 0.181. The van der Waals surface area contributed by atoms with Gasteiger partial charge in [-0.25, -0.2) is 4.79 Å². The van der Waals surface area contributed by atoms with Gasteiger partial charge in [-0.1, -0.05) is 0 Å². The maximum atomic E-state index is 10.3. The molecule has 4 heteroatoms. The van der Waals surface area contributed by atoms with Crippen molar-refractivity contribution in [3.05, 3.63) is 0 Å². The number of ether oxygens (including phenoxy) is 1. The SMILES string of the molecule is NC(=O)NC1CCCCO1. The smallest absolute Gasteiger partial charge is 0.314 e. The van der Waals surface area contributed by atoms with Crippen LogP contribution in [0.3, 0.4) is 0 Å². The molecule has 10 heavy (non-hydrogen) atoms. The van der Waals surface area contributed by atoms with E-state index >= 15 is 0 Å². The Morgan fingerprint density at radius 1 is 1.60 bits per heavy atom. The number of primary amides is 1. The number of hydrogen-bond donors (Lipinski definition) is 2. The van der Waals surface area contributed by atoms with Crippen LogP contribution in [-0.2, 0) is 4.74 Å². The molecule has 2 amide bonds. The minimum atomic E-state index is -0.507. The Morgan fingerprint density at radius 2 is 2.40 bits per heavy atom. The normalized spacial score (nSPS) is 25.8. The van der Waals surface area contributed by atoms with Crippen molar-refractivity contribution < 1.29 is 9.53 Å². The van der Waals surface area contributed by atoms with Gasteiger partial charge in [0, 0.05) is 6.61 Å². The van der Waals surface area contributed by atoms with Crippen LogP contribution in [0.2, 0.25) is 0 Å². The van der Waals surface area contributed by atoms with Crippen LogP contribution in [0, 0.1) is 0 Å². The molecule has 0 aromatic rings. The maximum Gasteiger partial charge on any atom is 0.314 e. The van der Waals surface area contributed by atoms with E-state index in [-0.39, 0.29) is 6.23 Å². The van der Waals surface area contributed by atoms with Gasteiger partial charge in [-0.2, -0.15) is 0 Å². The van der Waals surface area contributed by atoms with Crippen LogP contribution in [0.1, 0.15) is 19.3 Å². The first-order valence-corrected chi connectivity index (χ1v) is 3.46.